The molecule has 4 nitrogen and oxygen atoms in total. The van der Waals surface area contributed by atoms with E-state index < -0.39 is 0 Å². The van der Waals surface area contributed by atoms with Gasteiger partial charge in [-0.1, -0.05) is 23.7 Å². The average molecular weight is 305 g/mol. The van der Waals surface area contributed by atoms with Crippen molar-refractivity contribution in [2.75, 3.05) is 20.1 Å². The molecule has 1 aliphatic rings. The molecule has 1 unspecified atom stereocenters. The minimum absolute atomic E-state index is 0.365. The second kappa shape index (κ2) is 6.60. The minimum atomic E-state index is 0.365. The number of aromatic nitrogens is 2. The molecule has 0 saturated carbocycles. The smallest absolute Gasteiger partial charge is 0.122 e. The highest BCUT2D eigenvalue weighted by Crippen LogP contribution is 2.20. The maximum atomic E-state index is 5.96. The lowest BCUT2D eigenvalue weighted by molar-refractivity contribution is 0.207. The molecule has 5 heteroatoms. The van der Waals surface area contributed by atoms with Crippen molar-refractivity contribution < 1.29 is 0 Å². The molecule has 0 radical (unpaired) electrons. The first-order valence-electron chi connectivity index (χ1n) is 7.41. The first kappa shape index (κ1) is 14.6. The van der Waals surface area contributed by atoms with Crippen LogP contribution >= 0.6 is 11.6 Å². The molecule has 0 saturated heterocycles. The van der Waals surface area contributed by atoms with Crippen molar-refractivity contribution in [3.63, 3.8) is 0 Å². The Kier molecular flexibility index (Phi) is 4.58. The van der Waals surface area contributed by atoms with Gasteiger partial charge in [-0.2, -0.15) is 0 Å². The van der Waals surface area contributed by atoms with Crippen LogP contribution in [0, 0.1) is 0 Å². The van der Waals surface area contributed by atoms with Gasteiger partial charge in [0.15, 0.2) is 0 Å². The molecule has 0 amide bonds. The molecule has 1 aliphatic heterocycles. The number of hydrogen-bond acceptors (Lipinski definition) is 3. The molecule has 2 aromatic rings. The Labute approximate surface area is 130 Å². The van der Waals surface area contributed by atoms with E-state index in [1.165, 1.54) is 11.4 Å². The molecule has 3 rings (SSSR count). The third kappa shape index (κ3) is 3.46. The monoisotopic (exact) mass is 304 g/mol. The maximum Gasteiger partial charge on any atom is 0.122 e. The number of nitrogens with one attached hydrogen (secondary N) is 1. The Balaban J connectivity index is 1.57. The summed E-state index contributed by atoms with van der Waals surface area (Å²) in [7, 11) is 2.02. The highest BCUT2D eigenvalue weighted by Gasteiger charge is 2.18. The molecule has 0 bridgehead atoms. The lowest BCUT2D eigenvalue weighted by Crippen LogP contribution is -2.35. The Morgan fingerprint density at radius 3 is 2.86 bits per heavy atom. The van der Waals surface area contributed by atoms with Crippen LogP contribution in [0.25, 0.3) is 0 Å². The van der Waals surface area contributed by atoms with E-state index in [2.05, 4.69) is 38.1 Å². The molecule has 0 spiro atoms. The highest BCUT2D eigenvalue weighted by atomic mass is 35.5. The number of imidazole rings is 1. The van der Waals surface area contributed by atoms with E-state index in [0.29, 0.717) is 6.04 Å². The molecule has 21 heavy (non-hydrogen) atoms. The van der Waals surface area contributed by atoms with Gasteiger partial charge in [0.2, 0.25) is 0 Å². The topological polar surface area (TPSA) is 33.1 Å². The summed E-state index contributed by atoms with van der Waals surface area (Å²) in [6, 6.07) is 8.49. The van der Waals surface area contributed by atoms with E-state index in [0.717, 1.165) is 37.6 Å². The van der Waals surface area contributed by atoms with E-state index in [-0.39, 0.29) is 0 Å². The van der Waals surface area contributed by atoms with Gasteiger partial charge in [0.1, 0.15) is 5.82 Å². The molecular formula is C16H21ClN4. The van der Waals surface area contributed by atoms with Crippen LogP contribution in [-0.4, -0.2) is 34.6 Å². The Morgan fingerprint density at radius 1 is 1.29 bits per heavy atom. The van der Waals surface area contributed by atoms with Gasteiger partial charge in [0.25, 0.3) is 0 Å². The average Bonchev–Trinajstić information content (AvgIpc) is 2.97. The number of rotatable bonds is 5. The van der Waals surface area contributed by atoms with Gasteiger partial charge < -0.3 is 9.88 Å². The minimum Gasteiger partial charge on any atom is -0.333 e. The maximum absolute atomic E-state index is 5.96. The Bertz CT molecular complexity index is 578. The number of nitrogens with zero attached hydrogens (tertiary/aromatic N) is 3. The van der Waals surface area contributed by atoms with Crippen molar-refractivity contribution >= 4 is 11.6 Å². The molecule has 0 fully saturated rings. The van der Waals surface area contributed by atoms with Crippen molar-refractivity contribution in [1.29, 1.82) is 0 Å². The van der Waals surface area contributed by atoms with Gasteiger partial charge in [-0.3, -0.25) is 4.90 Å². The van der Waals surface area contributed by atoms with Gasteiger partial charge in [0, 0.05) is 43.1 Å². The normalized spacial score (nSPS) is 16.7. The van der Waals surface area contributed by atoms with Crippen molar-refractivity contribution in [3.8, 4) is 0 Å². The van der Waals surface area contributed by atoms with Gasteiger partial charge in [-0.05, 0) is 31.2 Å². The molecule has 1 aromatic carbocycles. The Hall–Kier alpha value is -1.36. The van der Waals surface area contributed by atoms with Gasteiger partial charge >= 0.3 is 0 Å². The van der Waals surface area contributed by atoms with Gasteiger partial charge in [-0.25, -0.2) is 4.98 Å². The van der Waals surface area contributed by atoms with Gasteiger partial charge in [0.05, 0.1) is 6.54 Å². The highest BCUT2D eigenvalue weighted by molar-refractivity contribution is 6.30. The SMILES string of the molecule is CNC(CCN1CCn2ccnc2C1)c1ccc(Cl)cc1. The third-order valence-electron chi connectivity index (χ3n) is 4.18. The zero-order valence-corrected chi connectivity index (χ0v) is 13.1. The molecule has 1 aromatic heterocycles. The second-order valence-corrected chi connectivity index (χ2v) is 5.93. The standard InChI is InChI=1S/C16H21ClN4/c1-18-15(13-2-4-14(17)5-3-13)6-8-20-10-11-21-9-7-19-16(21)12-20/h2-5,7,9,15,18H,6,8,10-12H2,1H3. The van der Waals surface area contributed by atoms with Crippen molar-refractivity contribution in [2.24, 2.45) is 0 Å². The fourth-order valence-electron chi connectivity index (χ4n) is 2.90. The first-order chi connectivity index (χ1) is 10.3. The van der Waals surface area contributed by atoms with E-state index in [9.17, 15) is 0 Å². The second-order valence-electron chi connectivity index (χ2n) is 5.49. The fraction of sp³-hybridized carbons (Fsp3) is 0.438. The quantitative estimate of drug-likeness (QED) is 0.922. The van der Waals surface area contributed by atoms with E-state index in [1.54, 1.807) is 0 Å². The summed E-state index contributed by atoms with van der Waals surface area (Å²) < 4.78 is 2.24. The van der Waals surface area contributed by atoms with Crippen LogP contribution in [0.4, 0.5) is 0 Å². The van der Waals surface area contributed by atoms with Crippen molar-refractivity contribution in [1.82, 2.24) is 19.8 Å². The molecule has 112 valence electrons. The molecule has 1 N–H and O–H groups in total. The van der Waals surface area contributed by atoms with Crippen LogP contribution in [0.15, 0.2) is 36.7 Å². The first-order valence-corrected chi connectivity index (χ1v) is 7.79. The summed E-state index contributed by atoms with van der Waals surface area (Å²) in [5, 5.41) is 4.19. The summed E-state index contributed by atoms with van der Waals surface area (Å²) in [4.78, 5) is 6.89. The summed E-state index contributed by atoms with van der Waals surface area (Å²) in [6.45, 7) is 4.16. The van der Waals surface area contributed by atoms with Crippen LogP contribution in [0.5, 0.6) is 0 Å². The van der Waals surface area contributed by atoms with E-state index in [4.69, 9.17) is 11.6 Å². The predicted molar refractivity (Wildman–Crippen MR) is 85.4 cm³/mol. The van der Waals surface area contributed by atoms with Crippen LogP contribution in [0.3, 0.4) is 0 Å². The zero-order valence-electron chi connectivity index (χ0n) is 12.3. The number of halogens is 1. The van der Waals surface area contributed by atoms with Crippen molar-refractivity contribution in [2.45, 2.75) is 25.6 Å². The zero-order chi connectivity index (χ0) is 14.7. The van der Waals surface area contributed by atoms with Gasteiger partial charge in [-0.15, -0.1) is 0 Å². The lowest BCUT2D eigenvalue weighted by Gasteiger charge is -2.29. The predicted octanol–water partition coefficient (Wildman–Crippen LogP) is 2.70. The van der Waals surface area contributed by atoms with E-state index >= 15 is 0 Å². The Morgan fingerprint density at radius 2 is 2.10 bits per heavy atom. The lowest BCUT2D eigenvalue weighted by atomic mass is 10.0. The van der Waals surface area contributed by atoms with Crippen LogP contribution in [0.1, 0.15) is 23.9 Å². The fourth-order valence-corrected chi connectivity index (χ4v) is 3.02. The molecule has 2 heterocycles. The molecule has 1 atom stereocenters. The largest absolute Gasteiger partial charge is 0.333 e. The van der Waals surface area contributed by atoms with Crippen LogP contribution in [0.2, 0.25) is 5.02 Å². The summed E-state index contributed by atoms with van der Waals surface area (Å²) >= 11 is 5.96. The summed E-state index contributed by atoms with van der Waals surface area (Å²) in [5.74, 6) is 1.17. The summed E-state index contributed by atoms with van der Waals surface area (Å²) in [6.07, 6.45) is 5.04. The third-order valence-corrected chi connectivity index (χ3v) is 4.43. The van der Waals surface area contributed by atoms with Crippen LogP contribution < -0.4 is 5.32 Å². The van der Waals surface area contributed by atoms with Crippen LogP contribution in [-0.2, 0) is 13.1 Å². The molecule has 0 aliphatic carbocycles. The van der Waals surface area contributed by atoms with Crippen molar-refractivity contribution in [3.05, 3.63) is 53.1 Å². The summed E-state index contributed by atoms with van der Waals surface area (Å²) in [5.41, 5.74) is 1.29. The van der Waals surface area contributed by atoms with E-state index in [1.807, 2.05) is 25.4 Å². The number of hydrogen-bond donors (Lipinski definition) is 1. The number of benzene rings is 1. The number of fused-ring (bicyclic) bond motifs is 1. The molecular weight excluding hydrogens is 284 g/mol.